The highest BCUT2D eigenvalue weighted by Crippen LogP contribution is 2.40. The first kappa shape index (κ1) is 9.38. The van der Waals surface area contributed by atoms with Crippen LogP contribution in [0.2, 0.25) is 0 Å². The molecule has 2 aliphatic heterocycles. The van der Waals surface area contributed by atoms with Gasteiger partial charge in [0.15, 0.2) is 0 Å². The molecule has 13 heavy (non-hydrogen) atoms. The van der Waals surface area contributed by atoms with Gasteiger partial charge in [0.25, 0.3) is 0 Å². The van der Waals surface area contributed by atoms with Crippen molar-refractivity contribution in [3.63, 3.8) is 0 Å². The van der Waals surface area contributed by atoms with E-state index >= 15 is 0 Å². The molecule has 0 spiro atoms. The van der Waals surface area contributed by atoms with Crippen LogP contribution in [0.3, 0.4) is 0 Å². The molecule has 0 saturated carbocycles. The lowest BCUT2D eigenvalue weighted by atomic mass is 9.92. The fourth-order valence-electron chi connectivity index (χ4n) is 1.91. The second kappa shape index (κ2) is 3.20. The van der Waals surface area contributed by atoms with Gasteiger partial charge >= 0.3 is 0 Å². The number of ether oxygens (including phenoxy) is 2. The van der Waals surface area contributed by atoms with E-state index in [0.29, 0.717) is 6.61 Å². The summed E-state index contributed by atoms with van der Waals surface area (Å²) in [5.41, 5.74) is -0.742. The van der Waals surface area contributed by atoms with Crippen molar-refractivity contribution < 1.29 is 19.1 Å². The summed E-state index contributed by atoms with van der Waals surface area (Å²) in [6.07, 6.45) is -0.744. The fourth-order valence-corrected chi connectivity index (χ4v) is 1.91. The number of rotatable bonds is 3. The third kappa shape index (κ3) is 1.20. The Labute approximate surface area is 76.7 Å². The van der Waals surface area contributed by atoms with E-state index in [1.165, 1.54) is 0 Å². The van der Waals surface area contributed by atoms with Crippen LogP contribution in [-0.2, 0) is 19.1 Å². The molecule has 0 aliphatic carbocycles. The number of nitrogens with two attached hydrogens (primary N) is 2. The maximum atomic E-state index is 5.62. The molecule has 4 N–H and O–H groups in total. The molecule has 0 aromatic heterocycles. The van der Waals surface area contributed by atoms with Gasteiger partial charge in [-0.2, -0.15) is 0 Å². The Hall–Kier alpha value is -0.175. The van der Waals surface area contributed by atoms with Crippen LogP contribution in [0.1, 0.15) is 0 Å². The molecule has 0 aromatic carbocycles. The summed E-state index contributed by atoms with van der Waals surface area (Å²) >= 11 is 0. The Morgan fingerprint density at radius 1 is 1.54 bits per heavy atom. The Balaban J connectivity index is 2.17. The van der Waals surface area contributed by atoms with E-state index in [4.69, 9.17) is 34.0 Å². The van der Waals surface area contributed by atoms with Crippen molar-refractivity contribution in [3.8, 4) is 0 Å². The van der Waals surface area contributed by atoms with Gasteiger partial charge in [-0.1, -0.05) is 0 Å². The smallest absolute Gasteiger partial charge is 0.147 e. The van der Waals surface area contributed by atoms with Crippen molar-refractivity contribution in [2.24, 2.45) is 11.8 Å². The van der Waals surface area contributed by atoms with Crippen molar-refractivity contribution in [1.29, 1.82) is 0 Å². The Kier molecular flexibility index (Phi) is 2.31. The summed E-state index contributed by atoms with van der Waals surface area (Å²) in [4.78, 5) is 9.29. The minimum absolute atomic E-state index is 0.152. The van der Waals surface area contributed by atoms with Crippen molar-refractivity contribution in [1.82, 2.24) is 0 Å². The third-order valence-electron chi connectivity index (χ3n) is 2.51. The lowest BCUT2D eigenvalue weighted by Crippen LogP contribution is -2.47. The summed E-state index contributed by atoms with van der Waals surface area (Å²) < 4.78 is 10.8. The molecule has 2 aliphatic rings. The second-order valence-corrected chi connectivity index (χ2v) is 3.29. The van der Waals surface area contributed by atoms with Crippen molar-refractivity contribution >= 4 is 7.85 Å². The summed E-state index contributed by atoms with van der Waals surface area (Å²) in [5, 5.41) is 0. The van der Waals surface area contributed by atoms with E-state index in [2.05, 4.69) is 4.84 Å². The van der Waals surface area contributed by atoms with E-state index in [9.17, 15) is 0 Å². The molecule has 72 valence electrons. The maximum absolute atomic E-state index is 5.62. The zero-order chi connectivity index (χ0) is 9.47. The molecule has 7 heteroatoms. The van der Waals surface area contributed by atoms with E-state index in [-0.39, 0.29) is 12.7 Å². The quantitative estimate of drug-likeness (QED) is 0.384. The molecule has 2 fully saturated rings. The van der Waals surface area contributed by atoms with Gasteiger partial charge in [-0.3, -0.25) is 4.84 Å². The SMILES string of the molecule is [B]C1OC2(CON)COC1C2ON. The van der Waals surface area contributed by atoms with Crippen LogP contribution >= 0.6 is 0 Å². The summed E-state index contributed by atoms with van der Waals surface area (Å²) in [5.74, 6) is 10.1. The first-order valence-electron chi connectivity index (χ1n) is 3.96. The minimum atomic E-state index is -0.742. The van der Waals surface area contributed by atoms with E-state index in [0.717, 1.165) is 0 Å². The average molecular weight is 186 g/mol. The first-order valence-corrected chi connectivity index (χ1v) is 3.96. The van der Waals surface area contributed by atoms with Crippen LogP contribution in [0.25, 0.3) is 0 Å². The van der Waals surface area contributed by atoms with Gasteiger partial charge in [0, 0.05) is 6.00 Å². The van der Waals surface area contributed by atoms with Gasteiger partial charge in [0.1, 0.15) is 32.3 Å². The van der Waals surface area contributed by atoms with Crippen LogP contribution in [0.5, 0.6) is 0 Å². The van der Waals surface area contributed by atoms with E-state index in [1.807, 2.05) is 0 Å². The summed E-state index contributed by atoms with van der Waals surface area (Å²) in [6, 6.07) is -0.530. The summed E-state index contributed by atoms with van der Waals surface area (Å²) in [6.45, 7) is 0.490. The molecule has 2 saturated heterocycles. The average Bonchev–Trinajstić information content (AvgIpc) is 2.55. The van der Waals surface area contributed by atoms with Crippen LogP contribution in [-0.4, -0.2) is 44.9 Å². The van der Waals surface area contributed by atoms with Gasteiger partial charge in [0.2, 0.25) is 0 Å². The maximum Gasteiger partial charge on any atom is 0.147 e. The fraction of sp³-hybridized carbons (Fsp3) is 1.00. The van der Waals surface area contributed by atoms with Gasteiger partial charge in [0.05, 0.1) is 6.61 Å². The van der Waals surface area contributed by atoms with Gasteiger partial charge in [-0.25, -0.2) is 11.8 Å². The number of hydrogen-bond donors (Lipinski definition) is 2. The molecule has 2 heterocycles. The van der Waals surface area contributed by atoms with Crippen molar-refractivity contribution in [2.45, 2.75) is 23.8 Å². The zero-order valence-electron chi connectivity index (χ0n) is 7.01. The van der Waals surface area contributed by atoms with Crippen molar-refractivity contribution in [3.05, 3.63) is 0 Å². The van der Waals surface area contributed by atoms with Gasteiger partial charge in [-0.15, -0.1) is 0 Å². The number of fused-ring (bicyclic) bond motifs is 2. The molecule has 4 unspecified atom stereocenters. The topological polar surface area (TPSA) is 89.0 Å². The minimum Gasteiger partial charge on any atom is -0.371 e. The van der Waals surface area contributed by atoms with Crippen LogP contribution in [0, 0.1) is 0 Å². The largest absolute Gasteiger partial charge is 0.371 e. The highest BCUT2D eigenvalue weighted by atomic mass is 16.7. The highest BCUT2D eigenvalue weighted by molar-refractivity contribution is 6.11. The molecule has 0 aromatic rings. The van der Waals surface area contributed by atoms with E-state index < -0.39 is 17.7 Å². The van der Waals surface area contributed by atoms with Crippen LogP contribution in [0.4, 0.5) is 0 Å². The second-order valence-electron chi connectivity index (χ2n) is 3.29. The Morgan fingerprint density at radius 2 is 2.31 bits per heavy atom. The monoisotopic (exact) mass is 186 g/mol. The molecular weight excluding hydrogens is 175 g/mol. The Morgan fingerprint density at radius 3 is 2.85 bits per heavy atom. The molecule has 2 radical (unpaired) electrons. The molecule has 2 rings (SSSR count). The van der Waals surface area contributed by atoms with E-state index in [1.54, 1.807) is 0 Å². The molecule has 4 atom stereocenters. The molecule has 2 bridgehead atoms. The van der Waals surface area contributed by atoms with Crippen LogP contribution in [0.15, 0.2) is 0 Å². The molecular formula is C6H11BN2O4. The highest BCUT2D eigenvalue weighted by Gasteiger charge is 2.61. The molecule has 6 nitrogen and oxygen atoms in total. The third-order valence-corrected chi connectivity index (χ3v) is 2.51. The van der Waals surface area contributed by atoms with Gasteiger partial charge in [-0.05, 0) is 0 Å². The normalized spacial score (nSPS) is 48.6. The lowest BCUT2D eigenvalue weighted by molar-refractivity contribution is -0.152. The van der Waals surface area contributed by atoms with Gasteiger partial charge < -0.3 is 14.3 Å². The van der Waals surface area contributed by atoms with Crippen LogP contribution < -0.4 is 11.8 Å². The molecule has 0 amide bonds. The summed E-state index contributed by atoms with van der Waals surface area (Å²) in [7, 11) is 5.62. The Bertz CT molecular complexity index is 207. The predicted molar refractivity (Wildman–Crippen MR) is 42.3 cm³/mol. The van der Waals surface area contributed by atoms with Crippen molar-refractivity contribution in [2.75, 3.05) is 13.2 Å². The lowest BCUT2D eigenvalue weighted by Gasteiger charge is -2.28. The standard InChI is InChI=1S/C6H11BN2O4/c7-5-3-4(13-9)6(12-5,1-10-3)2-11-8/h3-5H,1-2,8-9H2. The predicted octanol–water partition coefficient (Wildman–Crippen LogP) is -2.20. The zero-order valence-corrected chi connectivity index (χ0v) is 7.01. The first-order chi connectivity index (χ1) is 6.23. The number of hydrogen-bond acceptors (Lipinski definition) is 6.